The summed E-state index contributed by atoms with van der Waals surface area (Å²) in [5.41, 5.74) is 0. The molecule has 1 atom stereocenters. The SMILES string of the molecule is CC(Br)C(=O)OCC1CC1. The Labute approximate surface area is 69.1 Å². The molecule has 0 aromatic heterocycles. The summed E-state index contributed by atoms with van der Waals surface area (Å²) in [5.74, 6) is 0.516. The summed E-state index contributed by atoms with van der Waals surface area (Å²) in [6.45, 7) is 2.39. The molecule has 10 heavy (non-hydrogen) atoms. The zero-order valence-electron chi connectivity index (χ0n) is 5.97. The molecule has 0 bridgehead atoms. The van der Waals surface area contributed by atoms with Gasteiger partial charge in [0.05, 0.1) is 6.61 Å². The summed E-state index contributed by atoms with van der Waals surface area (Å²) >= 11 is 3.14. The lowest BCUT2D eigenvalue weighted by Gasteiger charge is -2.03. The van der Waals surface area contributed by atoms with Crippen molar-refractivity contribution in [3.8, 4) is 0 Å². The summed E-state index contributed by atoms with van der Waals surface area (Å²) in [5, 5.41) is 0. The Morgan fingerprint density at radius 2 is 2.40 bits per heavy atom. The highest BCUT2D eigenvalue weighted by molar-refractivity contribution is 9.10. The Morgan fingerprint density at radius 1 is 1.80 bits per heavy atom. The van der Waals surface area contributed by atoms with Crippen LogP contribution in [0.1, 0.15) is 19.8 Å². The fraction of sp³-hybridized carbons (Fsp3) is 0.857. The van der Waals surface area contributed by atoms with E-state index in [-0.39, 0.29) is 10.8 Å². The van der Waals surface area contributed by atoms with Crippen LogP contribution in [-0.4, -0.2) is 17.4 Å². The monoisotopic (exact) mass is 206 g/mol. The van der Waals surface area contributed by atoms with Gasteiger partial charge in [-0.05, 0) is 25.7 Å². The molecule has 1 saturated carbocycles. The summed E-state index contributed by atoms with van der Waals surface area (Å²) in [6, 6.07) is 0. The fourth-order valence-electron chi connectivity index (χ4n) is 0.599. The zero-order valence-corrected chi connectivity index (χ0v) is 7.56. The quantitative estimate of drug-likeness (QED) is 0.520. The van der Waals surface area contributed by atoms with Gasteiger partial charge < -0.3 is 4.74 Å². The molecule has 0 heterocycles. The number of ether oxygens (including phenoxy) is 1. The van der Waals surface area contributed by atoms with Gasteiger partial charge in [-0.1, -0.05) is 15.9 Å². The molecule has 1 rings (SSSR count). The van der Waals surface area contributed by atoms with Crippen LogP contribution < -0.4 is 0 Å². The summed E-state index contributed by atoms with van der Waals surface area (Å²) in [7, 11) is 0. The molecule has 0 radical (unpaired) electrons. The van der Waals surface area contributed by atoms with Crippen molar-refractivity contribution < 1.29 is 9.53 Å². The van der Waals surface area contributed by atoms with Crippen LogP contribution in [-0.2, 0) is 9.53 Å². The average molecular weight is 207 g/mol. The van der Waals surface area contributed by atoms with Crippen LogP contribution in [0.4, 0.5) is 0 Å². The van der Waals surface area contributed by atoms with E-state index in [0.29, 0.717) is 12.5 Å². The van der Waals surface area contributed by atoms with Crippen molar-refractivity contribution in [3.63, 3.8) is 0 Å². The first-order chi connectivity index (χ1) is 4.70. The highest BCUT2D eigenvalue weighted by Gasteiger charge is 2.23. The number of halogens is 1. The van der Waals surface area contributed by atoms with Crippen LogP contribution in [0.3, 0.4) is 0 Å². The van der Waals surface area contributed by atoms with Gasteiger partial charge in [0.25, 0.3) is 0 Å². The molecule has 0 spiro atoms. The molecule has 3 heteroatoms. The lowest BCUT2D eigenvalue weighted by molar-refractivity contribution is -0.142. The maximum Gasteiger partial charge on any atom is 0.319 e. The van der Waals surface area contributed by atoms with Crippen LogP contribution >= 0.6 is 15.9 Å². The van der Waals surface area contributed by atoms with E-state index in [1.807, 2.05) is 0 Å². The predicted molar refractivity (Wildman–Crippen MR) is 42.1 cm³/mol. The van der Waals surface area contributed by atoms with E-state index in [1.54, 1.807) is 6.92 Å². The van der Waals surface area contributed by atoms with E-state index in [4.69, 9.17) is 4.74 Å². The largest absolute Gasteiger partial charge is 0.465 e. The van der Waals surface area contributed by atoms with Gasteiger partial charge in [-0.25, -0.2) is 0 Å². The Balaban J connectivity index is 2.05. The first-order valence-corrected chi connectivity index (χ1v) is 4.42. The van der Waals surface area contributed by atoms with Crippen molar-refractivity contribution in [2.75, 3.05) is 6.61 Å². The van der Waals surface area contributed by atoms with Crippen LogP contribution in [0.15, 0.2) is 0 Å². The lowest BCUT2D eigenvalue weighted by atomic mass is 10.4. The maximum atomic E-state index is 10.8. The lowest BCUT2D eigenvalue weighted by Crippen LogP contribution is -2.15. The second kappa shape index (κ2) is 3.37. The number of carbonyl (C=O) groups excluding carboxylic acids is 1. The molecule has 0 N–H and O–H groups in total. The normalized spacial score (nSPS) is 20.2. The van der Waals surface area contributed by atoms with Crippen LogP contribution in [0.2, 0.25) is 0 Å². The molecule has 2 nitrogen and oxygen atoms in total. The smallest absolute Gasteiger partial charge is 0.319 e. The summed E-state index contributed by atoms with van der Waals surface area (Å²) < 4.78 is 4.94. The Hall–Kier alpha value is -0.0500. The second-order valence-electron chi connectivity index (χ2n) is 2.69. The Bertz CT molecular complexity index is 130. The van der Waals surface area contributed by atoms with Crippen molar-refractivity contribution >= 4 is 21.9 Å². The predicted octanol–water partition coefficient (Wildman–Crippen LogP) is 1.72. The van der Waals surface area contributed by atoms with Crippen molar-refractivity contribution in [2.24, 2.45) is 5.92 Å². The maximum absolute atomic E-state index is 10.8. The molecule has 1 fully saturated rings. The van der Waals surface area contributed by atoms with Gasteiger partial charge in [0.15, 0.2) is 0 Å². The van der Waals surface area contributed by atoms with Gasteiger partial charge in [0.2, 0.25) is 0 Å². The number of hydrogen-bond acceptors (Lipinski definition) is 2. The molecule has 1 aliphatic carbocycles. The minimum absolute atomic E-state index is 0.146. The van der Waals surface area contributed by atoms with Crippen LogP contribution in [0, 0.1) is 5.92 Å². The topological polar surface area (TPSA) is 26.3 Å². The van der Waals surface area contributed by atoms with E-state index < -0.39 is 0 Å². The third-order valence-corrected chi connectivity index (χ3v) is 1.86. The molecule has 0 aromatic carbocycles. The third kappa shape index (κ3) is 2.69. The number of rotatable bonds is 3. The van der Waals surface area contributed by atoms with Gasteiger partial charge in [-0.15, -0.1) is 0 Å². The van der Waals surface area contributed by atoms with Crippen molar-refractivity contribution in [3.05, 3.63) is 0 Å². The third-order valence-electron chi connectivity index (χ3n) is 1.48. The molecular weight excluding hydrogens is 196 g/mol. The fourth-order valence-corrected chi connectivity index (χ4v) is 0.731. The molecule has 0 amide bonds. The second-order valence-corrected chi connectivity index (χ2v) is 4.06. The first-order valence-electron chi connectivity index (χ1n) is 3.51. The molecule has 0 saturated heterocycles. The van der Waals surface area contributed by atoms with Gasteiger partial charge in [0.1, 0.15) is 4.83 Å². The minimum atomic E-state index is -0.161. The van der Waals surface area contributed by atoms with E-state index in [1.165, 1.54) is 12.8 Å². The highest BCUT2D eigenvalue weighted by atomic mass is 79.9. The zero-order chi connectivity index (χ0) is 7.56. The van der Waals surface area contributed by atoms with Gasteiger partial charge >= 0.3 is 5.97 Å². The molecule has 58 valence electrons. The van der Waals surface area contributed by atoms with E-state index >= 15 is 0 Å². The Kier molecular flexibility index (Phi) is 2.72. The molecule has 1 unspecified atom stereocenters. The number of alkyl halides is 1. The van der Waals surface area contributed by atoms with E-state index in [2.05, 4.69) is 15.9 Å². The van der Waals surface area contributed by atoms with Crippen molar-refractivity contribution in [1.82, 2.24) is 0 Å². The number of hydrogen-bond donors (Lipinski definition) is 0. The molecule has 0 aliphatic heterocycles. The molecular formula is C7H11BrO2. The minimum Gasteiger partial charge on any atom is -0.465 e. The summed E-state index contributed by atoms with van der Waals surface area (Å²) in [4.78, 5) is 10.6. The first kappa shape index (κ1) is 8.05. The van der Waals surface area contributed by atoms with Crippen molar-refractivity contribution in [1.29, 1.82) is 0 Å². The number of carbonyl (C=O) groups is 1. The van der Waals surface area contributed by atoms with E-state index in [0.717, 1.165) is 0 Å². The Morgan fingerprint density at radius 3 is 2.80 bits per heavy atom. The van der Waals surface area contributed by atoms with Gasteiger partial charge in [-0.3, -0.25) is 4.79 Å². The standard InChI is InChI=1S/C7H11BrO2/c1-5(8)7(9)10-4-6-2-3-6/h5-6H,2-4H2,1H3. The van der Waals surface area contributed by atoms with E-state index in [9.17, 15) is 4.79 Å². The average Bonchev–Trinajstić information content (AvgIpc) is 2.64. The van der Waals surface area contributed by atoms with Gasteiger partial charge in [-0.2, -0.15) is 0 Å². The van der Waals surface area contributed by atoms with Crippen molar-refractivity contribution in [2.45, 2.75) is 24.6 Å². The van der Waals surface area contributed by atoms with Crippen LogP contribution in [0.5, 0.6) is 0 Å². The van der Waals surface area contributed by atoms with Crippen LogP contribution in [0.25, 0.3) is 0 Å². The number of esters is 1. The highest BCUT2D eigenvalue weighted by Crippen LogP contribution is 2.28. The summed E-state index contributed by atoms with van der Waals surface area (Å²) in [6.07, 6.45) is 2.45. The molecule has 0 aromatic rings. The molecule has 1 aliphatic rings. The van der Waals surface area contributed by atoms with Gasteiger partial charge in [0, 0.05) is 0 Å².